The van der Waals surface area contributed by atoms with E-state index in [-0.39, 0.29) is 17.9 Å². The molecule has 1 aliphatic heterocycles. The highest BCUT2D eigenvalue weighted by atomic mass is 32.2. The normalized spacial score (nSPS) is 18.7. The van der Waals surface area contributed by atoms with Gasteiger partial charge in [0.15, 0.2) is 22.5 Å². The fourth-order valence-corrected chi connectivity index (χ4v) is 4.34. The van der Waals surface area contributed by atoms with E-state index in [0.29, 0.717) is 5.56 Å². The van der Waals surface area contributed by atoms with Crippen LogP contribution in [0.3, 0.4) is 0 Å². The average molecular weight is 502 g/mol. The molecule has 4 unspecified atom stereocenters. The van der Waals surface area contributed by atoms with E-state index in [1.54, 1.807) is 0 Å². The Bertz CT molecular complexity index is 1200. The first-order valence-electron chi connectivity index (χ1n) is 10.4. The summed E-state index contributed by atoms with van der Waals surface area (Å²) in [6.07, 6.45) is 0. The molecule has 3 aliphatic rings. The van der Waals surface area contributed by atoms with Crippen molar-refractivity contribution in [2.24, 2.45) is 0 Å². The van der Waals surface area contributed by atoms with Gasteiger partial charge in [0.25, 0.3) is 11.6 Å². The van der Waals surface area contributed by atoms with Gasteiger partial charge in [0.2, 0.25) is 5.91 Å². The lowest BCUT2D eigenvalue weighted by atomic mass is 9.99. The number of nitro benzene ring substituents is 1. The van der Waals surface area contributed by atoms with Crippen LogP contribution in [0.25, 0.3) is 11.1 Å². The summed E-state index contributed by atoms with van der Waals surface area (Å²) < 4.78 is 26.4. The van der Waals surface area contributed by atoms with Crippen molar-refractivity contribution in [2.45, 2.75) is 37.9 Å². The van der Waals surface area contributed by atoms with Crippen LogP contribution in [0.15, 0.2) is 60.7 Å². The molecule has 1 aromatic carbocycles. The Labute approximate surface area is 203 Å². The van der Waals surface area contributed by atoms with Crippen molar-refractivity contribution in [1.29, 1.82) is 0 Å². The molecule has 2 N–H and O–H groups in total. The van der Waals surface area contributed by atoms with Gasteiger partial charge in [-0.3, -0.25) is 19.7 Å². The van der Waals surface area contributed by atoms with Crippen LogP contribution in [0.1, 0.15) is 19.4 Å². The number of esters is 1. The van der Waals surface area contributed by atoms with Gasteiger partial charge in [-0.25, -0.2) is 9.00 Å². The smallest absolute Gasteiger partial charge is 0.333 e. The SMILES string of the molecule is C=C(C)C(C(=O)OCc1ccc([N+](=O)[O-])cc1)N1C(=O)C(NC(C)=O)C1S(=O)O.c1cc2cc-2c1. The first kappa shape index (κ1) is 25.7. The maximum absolute atomic E-state index is 12.6. The summed E-state index contributed by atoms with van der Waals surface area (Å²) in [6.45, 7) is 6.02. The van der Waals surface area contributed by atoms with Crippen LogP contribution >= 0.6 is 0 Å². The minimum absolute atomic E-state index is 0.122. The van der Waals surface area contributed by atoms with E-state index in [1.165, 1.54) is 42.3 Å². The van der Waals surface area contributed by atoms with Crippen molar-refractivity contribution in [3.63, 3.8) is 0 Å². The highest BCUT2D eigenvalue weighted by Crippen LogP contribution is 2.32. The summed E-state index contributed by atoms with van der Waals surface area (Å²) in [7, 11) is 0. The Balaban J connectivity index is 0.000000485. The number of nitrogens with zero attached hydrogens (tertiary/aromatic N) is 2. The molecule has 4 atom stereocenters. The molecule has 0 saturated carbocycles. The minimum atomic E-state index is -2.54. The van der Waals surface area contributed by atoms with Crippen LogP contribution in [-0.4, -0.2) is 53.8 Å². The van der Waals surface area contributed by atoms with Crippen molar-refractivity contribution >= 4 is 34.6 Å². The van der Waals surface area contributed by atoms with Gasteiger partial charge < -0.3 is 19.5 Å². The predicted molar refractivity (Wildman–Crippen MR) is 126 cm³/mol. The van der Waals surface area contributed by atoms with E-state index in [1.807, 2.05) is 0 Å². The number of nitro groups is 1. The second kappa shape index (κ2) is 10.6. The molecule has 1 fully saturated rings. The molecule has 35 heavy (non-hydrogen) atoms. The number of carbonyl (C=O) groups is 3. The third-order valence-electron chi connectivity index (χ3n) is 5.25. The summed E-state index contributed by atoms with van der Waals surface area (Å²) >= 11 is -2.54. The fraction of sp³-hybridized carbons (Fsp3) is 0.261. The summed E-state index contributed by atoms with van der Waals surface area (Å²) in [4.78, 5) is 47.1. The van der Waals surface area contributed by atoms with Gasteiger partial charge in [-0.05, 0) is 47.4 Å². The van der Waals surface area contributed by atoms with Gasteiger partial charge in [-0.1, -0.05) is 24.8 Å². The summed E-state index contributed by atoms with van der Waals surface area (Å²) in [6, 6.07) is 11.2. The van der Waals surface area contributed by atoms with Gasteiger partial charge >= 0.3 is 5.97 Å². The summed E-state index contributed by atoms with van der Waals surface area (Å²) in [5.41, 5.74) is 3.40. The van der Waals surface area contributed by atoms with Crippen molar-refractivity contribution in [2.75, 3.05) is 0 Å². The Hall–Kier alpha value is -3.90. The maximum atomic E-state index is 12.6. The molecule has 0 radical (unpaired) electrons. The number of amides is 2. The Morgan fingerprint density at radius 2 is 1.83 bits per heavy atom. The molecule has 2 amide bonds. The van der Waals surface area contributed by atoms with Crippen LogP contribution in [0.2, 0.25) is 0 Å². The van der Waals surface area contributed by atoms with Gasteiger partial charge in [0.05, 0.1) is 4.92 Å². The van der Waals surface area contributed by atoms with Crippen molar-refractivity contribution in [3.05, 3.63) is 76.4 Å². The van der Waals surface area contributed by atoms with Gasteiger partial charge in [-0.15, -0.1) is 0 Å². The molecule has 4 rings (SSSR count). The first-order chi connectivity index (χ1) is 16.5. The lowest BCUT2D eigenvalue weighted by Gasteiger charge is -2.47. The van der Waals surface area contributed by atoms with Gasteiger partial charge in [-0.2, -0.15) is 0 Å². The summed E-state index contributed by atoms with van der Waals surface area (Å²) in [5.74, 6) is -2.17. The van der Waals surface area contributed by atoms with E-state index in [9.17, 15) is 33.3 Å². The van der Waals surface area contributed by atoms with Crippen LogP contribution in [0.5, 0.6) is 0 Å². The molecule has 11 nitrogen and oxygen atoms in total. The number of hydrogen-bond acceptors (Lipinski definition) is 7. The Kier molecular flexibility index (Phi) is 7.77. The highest BCUT2D eigenvalue weighted by molar-refractivity contribution is 7.80. The fourth-order valence-electron chi connectivity index (χ4n) is 3.50. The molecule has 1 saturated heterocycles. The topological polar surface area (TPSA) is 156 Å². The monoisotopic (exact) mass is 501 g/mol. The highest BCUT2D eigenvalue weighted by Gasteiger charge is 2.56. The molecule has 1 aromatic rings. The predicted octanol–water partition coefficient (Wildman–Crippen LogP) is 2.14. The molecule has 1 heterocycles. The largest absolute Gasteiger partial charge is 0.459 e. The molecule has 0 aromatic heterocycles. The molecule has 2 aliphatic carbocycles. The third-order valence-corrected chi connectivity index (χ3v) is 6.17. The number of non-ortho nitro benzene ring substituents is 1. The van der Waals surface area contributed by atoms with Gasteiger partial charge in [0, 0.05) is 19.1 Å². The maximum Gasteiger partial charge on any atom is 0.333 e. The number of carbonyl (C=O) groups excluding carboxylic acids is 3. The Morgan fingerprint density at radius 3 is 2.23 bits per heavy atom. The van der Waals surface area contributed by atoms with Crippen LogP contribution in [0.4, 0.5) is 5.69 Å². The number of ether oxygens (including phenoxy) is 1. The van der Waals surface area contributed by atoms with E-state index in [2.05, 4.69) is 36.2 Å². The zero-order chi connectivity index (χ0) is 25.9. The number of benzene rings is 2. The summed E-state index contributed by atoms with van der Waals surface area (Å²) in [5, 5.41) is 11.6. The first-order valence-corrected chi connectivity index (χ1v) is 11.5. The number of rotatable bonds is 8. The molecule has 0 spiro atoms. The third kappa shape index (κ3) is 5.97. The van der Waals surface area contributed by atoms with E-state index < -0.39 is 51.2 Å². The number of fused-ring (bicyclic) bond motifs is 1. The second-order valence-corrected chi connectivity index (χ2v) is 8.99. The molecular formula is C23H23N3O8S. The van der Waals surface area contributed by atoms with Crippen LogP contribution < -0.4 is 5.32 Å². The second-order valence-electron chi connectivity index (χ2n) is 7.95. The quantitative estimate of drug-likeness (QED) is 0.119. The van der Waals surface area contributed by atoms with Gasteiger partial charge in [0.1, 0.15) is 12.6 Å². The lowest BCUT2D eigenvalue weighted by molar-refractivity contribution is -0.384. The van der Waals surface area contributed by atoms with E-state index in [4.69, 9.17) is 4.74 Å². The minimum Gasteiger partial charge on any atom is -0.459 e. The van der Waals surface area contributed by atoms with Crippen molar-refractivity contribution < 1.29 is 32.8 Å². The number of likely N-dealkylation sites (tertiary alicyclic amines) is 1. The zero-order valence-electron chi connectivity index (χ0n) is 18.9. The van der Waals surface area contributed by atoms with Crippen molar-refractivity contribution in [1.82, 2.24) is 10.2 Å². The molecule has 184 valence electrons. The Morgan fingerprint density at radius 1 is 1.23 bits per heavy atom. The number of nitrogens with one attached hydrogen (secondary N) is 1. The van der Waals surface area contributed by atoms with E-state index in [0.717, 1.165) is 11.8 Å². The van der Waals surface area contributed by atoms with Crippen molar-refractivity contribution in [3.8, 4) is 11.1 Å². The lowest BCUT2D eigenvalue weighted by Crippen LogP contribution is -2.75. The zero-order valence-corrected chi connectivity index (χ0v) is 19.7. The standard InChI is InChI=1S/C17H19N3O8S.C6H4/c1-9(2)14(19-15(22)13(18-10(3)21)16(19)29(26)27)17(23)28-8-11-4-6-12(7-5-11)20(24)25;1-2-5-4-6(5)3-1/h4-7,13-14,16H,1,8H2,2-3H3,(H,18,21)(H,26,27);1-4H. The number of hydrogen-bond donors (Lipinski definition) is 2. The van der Waals surface area contributed by atoms with E-state index >= 15 is 0 Å². The number of β-lactam (4-membered cyclic amide) rings is 1. The molecular weight excluding hydrogens is 478 g/mol. The average Bonchev–Trinajstić information content (AvgIpc) is 3.40. The van der Waals surface area contributed by atoms with Crippen LogP contribution in [0, 0.1) is 10.1 Å². The van der Waals surface area contributed by atoms with Crippen LogP contribution in [-0.2, 0) is 36.8 Å². The molecule has 0 bridgehead atoms. The molecule has 12 heteroatoms.